The fourth-order valence-corrected chi connectivity index (χ4v) is 3.02. The van der Waals surface area contributed by atoms with Gasteiger partial charge < -0.3 is 11.1 Å². The van der Waals surface area contributed by atoms with Crippen molar-refractivity contribution in [2.24, 2.45) is 0 Å². The molecule has 0 atom stereocenters. The molecule has 0 fully saturated rings. The van der Waals surface area contributed by atoms with Gasteiger partial charge in [-0.3, -0.25) is 0 Å². The van der Waals surface area contributed by atoms with Crippen molar-refractivity contribution in [2.75, 3.05) is 11.1 Å². The third-order valence-corrected chi connectivity index (χ3v) is 4.40. The van der Waals surface area contributed by atoms with E-state index in [1.54, 1.807) is 11.3 Å². The number of nitrogen functional groups attached to an aromatic ring is 1. The number of anilines is 2. The van der Waals surface area contributed by atoms with Gasteiger partial charge in [-0.2, -0.15) is 0 Å². The first-order valence-corrected chi connectivity index (χ1v) is 7.70. The van der Waals surface area contributed by atoms with Crippen LogP contribution in [-0.2, 0) is 6.54 Å². The van der Waals surface area contributed by atoms with Crippen LogP contribution in [0.3, 0.4) is 0 Å². The summed E-state index contributed by atoms with van der Waals surface area (Å²) in [6, 6.07) is 4.13. The van der Waals surface area contributed by atoms with E-state index in [4.69, 9.17) is 5.73 Å². The number of nitrogens with zero attached hydrogens (tertiary/aromatic N) is 2. The normalized spacial score (nSPS) is 11.0. The SMILES string of the molecule is Cc1c(N)nc(C(C)C)nc1NCc1ccc(Br)s1. The van der Waals surface area contributed by atoms with Crippen LogP contribution in [0.5, 0.6) is 0 Å². The largest absolute Gasteiger partial charge is 0.383 e. The predicted octanol–water partition coefficient (Wildman–Crippen LogP) is 3.93. The standard InChI is InChI=1S/C13H17BrN4S/c1-7(2)12-17-11(15)8(3)13(18-12)16-6-9-4-5-10(14)19-9/h4-5,7H,6H2,1-3H3,(H3,15,16,17,18). The maximum atomic E-state index is 5.94. The van der Waals surface area contributed by atoms with Gasteiger partial charge in [0.1, 0.15) is 17.5 Å². The monoisotopic (exact) mass is 340 g/mol. The predicted molar refractivity (Wildman–Crippen MR) is 84.6 cm³/mol. The Balaban J connectivity index is 2.19. The average molecular weight is 341 g/mol. The summed E-state index contributed by atoms with van der Waals surface area (Å²) in [6.07, 6.45) is 0. The van der Waals surface area contributed by atoms with Crippen LogP contribution >= 0.6 is 27.3 Å². The molecule has 0 aliphatic rings. The molecular formula is C13H17BrN4S. The van der Waals surface area contributed by atoms with E-state index < -0.39 is 0 Å². The number of thiophene rings is 1. The fraction of sp³-hybridized carbons (Fsp3) is 0.385. The molecule has 0 saturated heterocycles. The van der Waals surface area contributed by atoms with Crippen LogP contribution in [-0.4, -0.2) is 9.97 Å². The molecular weight excluding hydrogens is 324 g/mol. The highest BCUT2D eigenvalue weighted by Crippen LogP contribution is 2.25. The Morgan fingerprint density at radius 1 is 1.37 bits per heavy atom. The number of hydrogen-bond donors (Lipinski definition) is 2. The summed E-state index contributed by atoms with van der Waals surface area (Å²) in [5.74, 6) is 2.41. The van der Waals surface area contributed by atoms with Crippen LogP contribution in [0.2, 0.25) is 0 Å². The number of halogens is 1. The van der Waals surface area contributed by atoms with Crippen LogP contribution in [0, 0.1) is 6.92 Å². The number of rotatable bonds is 4. The number of nitrogens with one attached hydrogen (secondary N) is 1. The average Bonchev–Trinajstić information content (AvgIpc) is 2.76. The van der Waals surface area contributed by atoms with Crippen molar-refractivity contribution in [3.05, 3.63) is 32.2 Å². The quantitative estimate of drug-likeness (QED) is 0.885. The lowest BCUT2D eigenvalue weighted by Crippen LogP contribution is -2.10. The maximum Gasteiger partial charge on any atom is 0.135 e. The van der Waals surface area contributed by atoms with Crippen molar-refractivity contribution >= 4 is 38.9 Å². The molecule has 0 aliphatic carbocycles. The molecule has 0 aliphatic heterocycles. The molecule has 0 aromatic carbocycles. The number of aromatic nitrogens is 2. The second-order valence-corrected chi connectivity index (χ2v) is 7.20. The van der Waals surface area contributed by atoms with E-state index in [-0.39, 0.29) is 5.92 Å². The van der Waals surface area contributed by atoms with Crippen LogP contribution in [0.4, 0.5) is 11.6 Å². The van der Waals surface area contributed by atoms with Crippen molar-refractivity contribution < 1.29 is 0 Å². The number of nitrogens with two attached hydrogens (primary N) is 1. The highest BCUT2D eigenvalue weighted by molar-refractivity contribution is 9.11. The molecule has 6 heteroatoms. The Bertz CT molecular complexity index is 580. The van der Waals surface area contributed by atoms with Gasteiger partial charge in [0, 0.05) is 16.4 Å². The van der Waals surface area contributed by atoms with Crippen molar-refractivity contribution in [1.82, 2.24) is 9.97 Å². The molecule has 19 heavy (non-hydrogen) atoms. The van der Waals surface area contributed by atoms with Crippen molar-refractivity contribution in [3.8, 4) is 0 Å². The first-order valence-electron chi connectivity index (χ1n) is 6.09. The van der Waals surface area contributed by atoms with Crippen molar-refractivity contribution in [2.45, 2.75) is 33.2 Å². The lowest BCUT2D eigenvalue weighted by atomic mass is 10.2. The third-order valence-electron chi connectivity index (χ3n) is 2.78. The minimum absolute atomic E-state index is 0.263. The second-order valence-electron chi connectivity index (χ2n) is 4.65. The molecule has 0 bridgehead atoms. The van der Waals surface area contributed by atoms with Gasteiger partial charge in [0.05, 0.1) is 10.3 Å². The van der Waals surface area contributed by atoms with E-state index in [9.17, 15) is 0 Å². The zero-order valence-electron chi connectivity index (χ0n) is 11.2. The van der Waals surface area contributed by atoms with Crippen LogP contribution in [0.25, 0.3) is 0 Å². The molecule has 0 amide bonds. The zero-order valence-corrected chi connectivity index (χ0v) is 13.6. The van der Waals surface area contributed by atoms with E-state index in [2.05, 4.69) is 51.1 Å². The fourth-order valence-electron chi connectivity index (χ4n) is 1.60. The van der Waals surface area contributed by atoms with Crippen molar-refractivity contribution in [1.29, 1.82) is 0 Å². The van der Waals surface area contributed by atoms with Gasteiger partial charge in [-0.1, -0.05) is 13.8 Å². The first-order chi connectivity index (χ1) is 8.97. The van der Waals surface area contributed by atoms with Gasteiger partial charge in [-0.25, -0.2) is 9.97 Å². The number of hydrogen-bond acceptors (Lipinski definition) is 5. The Hall–Kier alpha value is -1.14. The van der Waals surface area contributed by atoms with E-state index >= 15 is 0 Å². The molecule has 2 heterocycles. The highest BCUT2D eigenvalue weighted by atomic mass is 79.9. The van der Waals surface area contributed by atoms with E-state index in [1.807, 2.05) is 13.0 Å². The lowest BCUT2D eigenvalue weighted by molar-refractivity contribution is 0.774. The molecule has 2 aromatic rings. The zero-order chi connectivity index (χ0) is 14.0. The van der Waals surface area contributed by atoms with Gasteiger partial charge in [-0.15, -0.1) is 11.3 Å². The topological polar surface area (TPSA) is 63.8 Å². The summed E-state index contributed by atoms with van der Waals surface area (Å²) in [5, 5.41) is 3.34. The van der Waals surface area contributed by atoms with E-state index in [1.165, 1.54) is 4.88 Å². The minimum atomic E-state index is 0.263. The summed E-state index contributed by atoms with van der Waals surface area (Å²) in [6.45, 7) is 6.80. The van der Waals surface area contributed by atoms with Gasteiger partial charge >= 0.3 is 0 Å². The Labute approximate surface area is 125 Å². The van der Waals surface area contributed by atoms with Gasteiger partial charge in [0.15, 0.2) is 0 Å². The third kappa shape index (κ3) is 3.45. The highest BCUT2D eigenvalue weighted by Gasteiger charge is 2.11. The van der Waals surface area contributed by atoms with Gasteiger partial charge in [0.25, 0.3) is 0 Å². The van der Waals surface area contributed by atoms with E-state index in [0.29, 0.717) is 5.82 Å². The molecule has 2 rings (SSSR count). The van der Waals surface area contributed by atoms with Crippen molar-refractivity contribution in [3.63, 3.8) is 0 Å². The molecule has 4 nitrogen and oxygen atoms in total. The molecule has 0 spiro atoms. The Kier molecular flexibility index (Phi) is 4.42. The van der Waals surface area contributed by atoms with Crippen LogP contribution in [0.1, 0.15) is 36.0 Å². The second kappa shape index (κ2) is 5.88. The maximum absolute atomic E-state index is 5.94. The summed E-state index contributed by atoms with van der Waals surface area (Å²) in [7, 11) is 0. The minimum Gasteiger partial charge on any atom is -0.383 e. The van der Waals surface area contributed by atoms with Crippen LogP contribution < -0.4 is 11.1 Å². The Morgan fingerprint density at radius 2 is 2.11 bits per heavy atom. The molecule has 102 valence electrons. The summed E-state index contributed by atoms with van der Waals surface area (Å²) in [4.78, 5) is 10.1. The van der Waals surface area contributed by atoms with Gasteiger partial charge in [-0.05, 0) is 35.0 Å². The summed E-state index contributed by atoms with van der Waals surface area (Å²) in [5.41, 5.74) is 6.84. The molecule has 2 aromatic heterocycles. The first kappa shape index (κ1) is 14.3. The lowest BCUT2D eigenvalue weighted by Gasteiger charge is -2.13. The van der Waals surface area contributed by atoms with E-state index in [0.717, 1.165) is 27.5 Å². The molecule has 0 unspecified atom stereocenters. The molecule has 0 saturated carbocycles. The van der Waals surface area contributed by atoms with Gasteiger partial charge in [0.2, 0.25) is 0 Å². The molecule has 3 N–H and O–H groups in total. The summed E-state index contributed by atoms with van der Waals surface area (Å²) >= 11 is 5.17. The summed E-state index contributed by atoms with van der Waals surface area (Å²) < 4.78 is 1.13. The molecule has 0 radical (unpaired) electrons. The Morgan fingerprint density at radius 3 is 2.68 bits per heavy atom. The van der Waals surface area contributed by atoms with Crippen LogP contribution in [0.15, 0.2) is 15.9 Å². The smallest absolute Gasteiger partial charge is 0.135 e.